The first-order chi connectivity index (χ1) is 15.5. The number of nitrogens with two attached hydrogens (primary N) is 1. The first kappa shape index (κ1) is 24.3. The molecular formula is C21H18F3N3O5S. The molecule has 1 unspecified atom stereocenters. The van der Waals surface area contributed by atoms with Crippen molar-refractivity contribution in [1.29, 1.82) is 0 Å². The van der Waals surface area contributed by atoms with E-state index in [1.54, 1.807) is 18.2 Å². The van der Waals surface area contributed by atoms with Gasteiger partial charge in [-0.2, -0.15) is 24.9 Å². The van der Waals surface area contributed by atoms with Gasteiger partial charge in [-0.3, -0.25) is 19.9 Å². The molecule has 0 aliphatic heterocycles. The molecule has 3 N–H and O–H groups in total. The number of pyridine rings is 1. The predicted octanol–water partition coefficient (Wildman–Crippen LogP) is 5.16. The molecule has 1 heterocycles. The van der Waals surface area contributed by atoms with Crippen molar-refractivity contribution in [1.82, 2.24) is 4.98 Å². The Balaban J connectivity index is 1.83. The van der Waals surface area contributed by atoms with Gasteiger partial charge in [0.15, 0.2) is 0 Å². The summed E-state index contributed by atoms with van der Waals surface area (Å²) >= 11 is 1.34. The average molecular weight is 481 g/mol. The molecule has 0 radical (unpaired) electrons. The molecule has 0 amide bonds. The minimum Gasteiger partial charge on any atom is -0.480 e. The van der Waals surface area contributed by atoms with E-state index in [1.807, 2.05) is 6.92 Å². The number of ether oxygens (including phenoxy) is 1. The lowest BCUT2D eigenvalue weighted by molar-refractivity contribution is -0.385. The number of carboxylic acid groups (broad SMARTS) is 1. The van der Waals surface area contributed by atoms with E-state index in [-0.39, 0.29) is 16.8 Å². The third-order valence-electron chi connectivity index (χ3n) is 4.65. The summed E-state index contributed by atoms with van der Waals surface area (Å²) in [4.78, 5) is 25.3. The Morgan fingerprint density at radius 3 is 2.61 bits per heavy atom. The van der Waals surface area contributed by atoms with Crippen LogP contribution in [-0.2, 0) is 11.0 Å². The molecule has 33 heavy (non-hydrogen) atoms. The van der Waals surface area contributed by atoms with Crippen LogP contribution in [0.1, 0.15) is 23.4 Å². The largest absolute Gasteiger partial charge is 0.480 e. The molecule has 0 bridgehead atoms. The van der Waals surface area contributed by atoms with Crippen LogP contribution in [-0.4, -0.2) is 32.8 Å². The number of carboxylic acids is 1. The van der Waals surface area contributed by atoms with Gasteiger partial charge in [-0.05, 0) is 37.3 Å². The van der Waals surface area contributed by atoms with Crippen molar-refractivity contribution in [2.45, 2.75) is 24.4 Å². The van der Waals surface area contributed by atoms with E-state index in [0.717, 1.165) is 12.1 Å². The molecular weight excluding hydrogens is 463 g/mol. The summed E-state index contributed by atoms with van der Waals surface area (Å²) in [6.07, 6.45) is -4.84. The number of hydrogen-bond acceptors (Lipinski definition) is 7. The second kappa shape index (κ2) is 9.63. The van der Waals surface area contributed by atoms with Crippen molar-refractivity contribution < 1.29 is 32.7 Å². The van der Waals surface area contributed by atoms with E-state index in [0.29, 0.717) is 22.7 Å². The number of fused-ring (bicyclic) bond motifs is 1. The molecule has 12 heteroatoms. The molecule has 0 saturated heterocycles. The number of alkyl halides is 3. The first-order valence-corrected chi connectivity index (χ1v) is 10.5. The molecule has 0 aliphatic rings. The maximum Gasteiger partial charge on any atom is 0.420 e. The van der Waals surface area contributed by atoms with Crippen molar-refractivity contribution >= 4 is 34.3 Å². The molecule has 0 saturated carbocycles. The van der Waals surface area contributed by atoms with Crippen LogP contribution in [0.15, 0.2) is 48.5 Å². The molecule has 0 spiro atoms. The number of hydrogen-bond donors (Lipinski definition) is 2. The number of aromatic nitrogens is 1. The smallest absolute Gasteiger partial charge is 0.420 e. The Bertz CT molecular complexity index is 1210. The topological polar surface area (TPSA) is 129 Å². The van der Waals surface area contributed by atoms with Crippen LogP contribution in [0.5, 0.6) is 11.5 Å². The summed E-state index contributed by atoms with van der Waals surface area (Å²) in [5.41, 5.74) is 4.82. The number of nitro benzene ring substituents is 1. The standard InChI is InChI=1S/C21H18F3N3O5S/c1-11(33-10-16(25)20(28)29)17-5-2-12-8-14(4-6-18(12)26-17)32-19-7-3-13(27(30)31)9-15(19)21(22,23)24/h2-9,11,16H,10,25H2,1H3,(H,28,29)/t11?,16-/m1/s1. The van der Waals surface area contributed by atoms with E-state index in [9.17, 15) is 28.1 Å². The fourth-order valence-corrected chi connectivity index (χ4v) is 3.82. The van der Waals surface area contributed by atoms with Crippen molar-refractivity contribution in [2.75, 3.05) is 5.75 Å². The van der Waals surface area contributed by atoms with Gasteiger partial charge in [0.25, 0.3) is 5.69 Å². The maximum atomic E-state index is 13.4. The highest BCUT2D eigenvalue weighted by Crippen LogP contribution is 2.40. The Labute approximate surface area is 189 Å². The number of thioether (sulfide) groups is 1. The van der Waals surface area contributed by atoms with Gasteiger partial charge in [-0.15, -0.1) is 0 Å². The predicted molar refractivity (Wildman–Crippen MR) is 116 cm³/mol. The summed E-state index contributed by atoms with van der Waals surface area (Å²) in [6, 6.07) is 9.26. The SMILES string of the molecule is CC(SC[C@@H](N)C(=O)O)c1ccc2cc(Oc3ccc([N+](=O)[O-])cc3C(F)(F)F)ccc2n1. The molecule has 2 aromatic carbocycles. The van der Waals surface area contributed by atoms with Crippen LogP contribution >= 0.6 is 11.8 Å². The summed E-state index contributed by atoms with van der Waals surface area (Å²) in [7, 11) is 0. The number of aliphatic carboxylic acids is 1. The highest BCUT2D eigenvalue weighted by molar-refractivity contribution is 7.99. The van der Waals surface area contributed by atoms with Gasteiger partial charge in [0, 0.05) is 28.5 Å². The zero-order valence-electron chi connectivity index (χ0n) is 17.1. The van der Waals surface area contributed by atoms with Crippen LogP contribution < -0.4 is 10.5 Å². The van der Waals surface area contributed by atoms with E-state index < -0.39 is 40.1 Å². The Morgan fingerprint density at radius 1 is 1.24 bits per heavy atom. The fraction of sp³-hybridized carbons (Fsp3) is 0.238. The third kappa shape index (κ3) is 5.90. The number of nitro groups is 1. The molecule has 174 valence electrons. The quantitative estimate of drug-likeness (QED) is 0.333. The molecule has 0 fully saturated rings. The molecule has 3 rings (SSSR count). The number of halogens is 3. The third-order valence-corrected chi connectivity index (χ3v) is 5.94. The zero-order chi connectivity index (χ0) is 24.3. The summed E-state index contributed by atoms with van der Waals surface area (Å²) in [5, 5.41) is 20.2. The van der Waals surface area contributed by atoms with Gasteiger partial charge in [0.05, 0.1) is 16.1 Å². The van der Waals surface area contributed by atoms with Gasteiger partial charge >= 0.3 is 12.1 Å². The minimum absolute atomic E-state index is 0.103. The highest BCUT2D eigenvalue weighted by atomic mass is 32.2. The monoisotopic (exact) mass is 481 g/mol. The Morgan fingerprint density at radius 2 is 1.97 bits per heavy atom. The lowest BCUT2D eigenvalue weighted by Crippen LogP contribution is -2.32. The lowest BCUT2D eigenvalue weighted by atomic mass is 10.1. The van der Waals surface area contributed by atoms with Crippen LogP contribution in [0.2, 0.25) is 0 Å². The minimum atomic E-state index is -4.84. The molecule has 1 aromatic heterocycles. The van der Waals surface area contributed by atoms with Gasteiger partial charge in [0.2, 0.25) is 0 Å². The van der Waals surface area contributed by atoms with Gasteiger partial charge in [0.1, 0.15) is 23.1 Å². The zero-order valence-corrected chi connectivity index (χ0v) is 17.9. The average Bonchev–Trinajstić information content (AvgIpc) is 2.76. The van der Waals surface area contributed by atoms with E-state index in [4.69, 9.17) is 15.6 Å². The van der Waals surface area contributed by atoms with Gasteiger partial charge < -0.3 is 15.6 Å². The molecule has 3 aromatic rings. The van der Waals surface area contributed by atoms with Crippen molar-refractivity contribution in [3.8, 4) is 11.5 Å². The van der Waals surface area contributed by atoms with E-state index >= 15 is 0 Å². The second-order valence-corrected chi connectivity index (χ2v) is 8.42. The van der Waals surface area contributed by atoms with Gasteiger partial charge in [-0.25, -0.2) is 0 Å². The molecule has 2 atom stereocenters. The number of non-ortho nitro benzene ring substituents is 1. The van der Waals surface area contributed by atoms with E-state index in [1.165, 1.54) is 23.9 Å². The number of benzene rings is 2. The Hall–Kier alpha value is -3.38. The Kier molecular flexibility index (Phi) is 7.08. The summed E-state index contributed by atoms with van der Waals surface area (Å²) < 4.78 is 45.5. The number of carbonyl (C=O) groups is 1. The van der Waals surface area contributed by atoms with Gasteiger partial charge in [-0.1, -0.05) is 6.07 Å². The van der Waals surface area contributed by atoms with Crippen molar-refractivity contribution in [3.63, 3.8) is 0 Å². The fourth-order valence-electron chi connectivity index (χ4n) is 2.88. The summed E-state index contributed by atoms with van der Waals surface area (Å²) in [6.45, 7) is 1.86. The second-order valence-electron chi connectivity index (χ2n) is 7.05. The van der Waals surface area contributed by atoms with Crippen LogP contribution in [0.25, 0.3) is 10.9 Å². The van der Waals surface area contributed by atoms with Crippen LogP contribution in [0.3, 0.4) is 0 Å². The van der Waals surface area contributed by atoms with Crippen LogP contribution in [0.4, 0.5) is 18.9 Å². The lowest BCUT2D eigenvalue weighted by Gasteiger charge is -2.15. The van der Waals surface area contributed by atoms with Crippen molar-refractivity contribution in [3.05, 3.63) is 69.9 Å². The molecule has 8 nitrogen and oxygen atoms in total. The van der Waals surface area contributed by atoms with E-state index in [2.05, 4.69) is 4.98 Å². The highest BCUT2D eigenvalue weighted by Gasteiger charge is 2.36. The molecule has 0 aliphatic carbocycles. The summed E-state index contributed by atoms with van der Waals surface area (Å²) in [5.74, 6) is -1.33. The van der Waals surface area contributed by atoms with Crippen molar-refractivity contribution in [2.24, 2.45) is 5.73 Å². The normalized spacial score (nSPS) is 13.5. The first-order valence-electron chi connectivity index (χ1n) is 9.50. The van der Waals surface area contributed by atoms with Crippen LogP contribution in [0, 0.1) is 10.1 Å². The number of nitrogens with zero attached hydrogens (tertiary/aromatic N) is 2. The maximum absolute atomic E-state index is 13.4. The number of rotatable bonds is 8.